The van der Waals surface area contributed by atoms with Gasteiger partial charge in [0.25, 0.3) is 5.56 Å². The van der Waals surface area contributed by atoms with E-state index in [4.69, 9.17) is 0 Å². The number of allylic oxidation sites excluding steroid dienone is 4. The van der Waals surface area contributed by atoms with Gasteiger partial charge in [0.2, 0.25) is 0 Å². The van der Waals surface area contributed by atoms with Crippen LogP contribution in [0, 0.1) is 0 Å². The van der Waals surface area contributed by atoms with Gasteiger partial charge in [0.15, 0.2) is 0 Å². The van der Waals surface area contributed by atoms with Crippen molar-refractivity contribution in [2.45, 2.75) is 18.8 Å². The number of nitrogens with one attached hydrogen (secondary N) is 2. The molecule has 0 bridgehead atoms. The molecule has 2 heterocycles. The molecule has 4 nitrogen and oxygen atoms in total. The van der Waals surface area contributed by atoms with Gasteiger partial charge in [0, 0.05) is 11.3 Å². The van der Waals surface area contributed by atoms with Gasteiger partial charge in [0.05, 0.1) is 6.33 Å². The quantitative estimate of drug-likeness (QED) is 0.823. The normalized spacial score (nSPS) is 15.7. The Bertz CT molecular complexity index is 744. The second kappa shape index (κ2) is 4.39. The van der Waals surface area contributed by atoms with Gasteiger partial charge in [0.1, 0.15) is 11.0 Å². The van der Waals surface area contributed by atoms with Crippen molar-refractivity contribution < 1.29 is 0 Å². The molecule has 0 amide bonds. The van der Waals surface area contributed by atoms with Crippen LogP contribution in [-0.2, 0) is 0 Å². The molecular formula is C15H15N3O. The van der Waals surface area contributed by atoms with Crippen LogP contribution in [0.5, 0.6) is 0 Å². The first-order valence-electron chi connectivity index (χ1n) is 6.31. The third kappa shape index (κ3) is 1.85. The standard InChI is InChI=1S/C15H15N3O/c1-3-5-9(4-2)11-12(10-6-7-10)18-14-13(11)16-8-17-15(14)19/h3-5,8,10,18H,1-2,6-7H2,(H,16,17,19)/b9-5+. The SMILES string of the molecule is C=C/C=C(\C=C)c1c(C2CC2)[nH]c2c(=O)[nH]cnc12. The van der Waals surface area contributed by atoms with E-state index in [1.807, 2.05) is 6.08 Å². The lowest BCUT2D eigenvalue weighted by Crippen LogP contribution is -2.05. The molecule has 0 aromatic carbocycles. The molecule has 96 valence electrons. The largest absolute Gasteiger partial charge is 0.352 e. The highest BCUT2D eigenvalue weighted by Crippen LogP contribution is 2.44. The van der Waals surface area contributed by atoms with Gasteiger partial charge in [-0.1, -0.05) is 31.4 Å². The minimum absolute atomic E-state index is 0.139. The highest BCUT2D eigenvalue weighted by atomic mass is 16.1. The van der Waals surface area contributed by atoms with Crippen molar-refractivity contribution in [2.75, 3.05) is 0 Å². The van der Waals surface area contributed by atoms with Crippen LogP contribution in [0.4, 0.5) is 0 Å². The molecule has 4 heteroatoms. The lowest BCUT2D eigenvalue weighted by Gasteiger charge is -2.03. The van der Waals surface area contributed by atoms with Crippen LogP contribution >= 0.6 is 0 Å². The summed E-state index contributed by atoms with van der Waals surface area (Å²) in [5.41, 5.74) is 4.13. The van der Waals surface area contributed by atoms with E-state index >= 15 is 0 Å². The van der Waals surface area contributed by atoms with Crippen molar-refractivity contribution in [1.29, 1.82) is 0 Å². The Balaban J connectivity index is 2.37. The van der Waals surface area contributed by atoms with Gasteiger partial charge in [-0.15, -0.1) is 0 Å². The van der Waals surface area contributed by atoms with E-state index in [0.717, 1.165) is 29.7 Å². The fraction of sp³-hybridized carbons (Fsp3) is 0.200. The fourth-order valence-corrected chi connectivity index (χ4v) is 2.38. The average Bonchev–Trinajstić information content (AvgIpc) is 3.18. The molecule has 2 aromatic heterocycles. The Kier molecular flexibility index (Phi) is 2.71. The molecule has 1 fully saturated rings. The molecule has 0 unspecified atom stereocenters. The number of rotatable bonds is 4. The van der Waals surface area contributed by atoms with E-state index in [1.54, 1.807) is 12.2 Å². The number of H-pyrrole nitrogens is 2. The predicted octanol–water partition coefficient (Wildman–Crippen LogP) is 2.88. The highest BCUT2D eigenvalue weighted by Gasteiger charge is 2.30. The summed E-state index contributed by atoms with van der Waals surface area (Å²) < 4.78 is 0. The van der Waals surface area contributed by atoms with Gasteiger partial charge in [-0.05, 0) is 24.3 Å². The van der Waals surface area contributed by atoms with Gasteiger partial charge in [-0.25, -0.2) is 4.98 Å². The third-order valence-corrected chi connectivity index (χ3v) is 3.41. The Hall–Kier alpha value is -2.36. The Morgan fingerprint density at radius 2 is 2.21 bits per heavy atom. The Morgan fingerprint density at radius 1 is 1.42 bits per heavy atom. The van der Waals surface area contributed by atoms with Crippen LogP contribution in [0.25, 0.3) is 16.6 Å². The first-order chi connectivity index (χ1) is 9.26. The molecule has 3 rings (SSSR count). The average molecular weight is 253 g/mol. The Labute approximate surface area is 110 Å². The van der Waals surface area contributed by atoms with Crippen LogP contribution in [0.3, 0.4) is 0 Å². The highest BCUT2D eigenvalue weighted by molar-refractivity contribution is 5.94. The topological polar surface area (TPSA) is 61.5 Å². The van der Waals surface area contributed by atoms with Gasteiger partial charge in [-0.3, -0.25) is 4.79 Å². The molecule has 0 spiro atoms. The van der Waals surface area contributed by atoms with E-state index in [-0.39, 0.29) is 5.56 Å². The maximum absolute atomic E-state index is 11.9. The van der Waals surface area contributed by atoms with Crippen molar-refractivity contribution in [3.05, 3.63) is 59.3 Å². The first-order valence-corrected chi connectivity index (χ1v) is 6.31. The molecule has 1 aliphatic rings. The van der Waals surface area contributed by atoms with Crippen molar-refractivity contribution in [3.8, 4) is 0 Å². The van der Waals surface area contributed by atoms with E-state index in [2.05, 4.69) is 28.1 Å². The summed E-state index contributed by atoms with van der Waals surface area (Å²) in [6.07, 6.45) is 9.13. The number of hydrogen-bond donors (Lipinski definition) is 2. The molecule has 1 saturated carbocycles. The van der Waals surface area contributed by atoms with Gasteiger partial charge >= 0.3 is 0 Å². The molecule has 2 N–H and O–H groups in total. The number of aromatic amines is 2. The van der Waals surface area contributed by atoms with Crippen molar-refractivity contribution >= 4 is 16.6 Å². The van der Waals surface area contributed by atoms with Crippen LogP contribution < -0.4 is 5.56 Å². The second-order valence-corrected chi connectivity index (χ2v) is 4.71. The Morgan fingerprint density at radius 3 is 2.84 bits per heavy atom. The third-order valence-electron chi connectivity index (χ3n) is 3.41. The number of aromatic nitrogens is 3. The fourth-order valence-electron chi connectivity index (χ4n) is 2.38. The van der Waals surface area contributed by atoms with Crippen molar-refractivity contribution in [2.24, 2.45) is 0 Å². The second-order valence-electron chi connectivity index (χ2n) is 4.71. The summed E-state index contributed by atoms with van der Waals surface area (Å²) in [7, 11) is 0. The van der Waals surface area contributed by atoms with Crippen LogP contribution in [0.1, 0.15) is 30.0 Å². The minimum Gasteiger partial charge on any atom is -0.352 e. The molecule has 0 saturated heterocycles. The van der Waals surface area contributed by atoms with Gasteiger partial charge < -0.3 is 9.97 Å². The maximum atomic E-state index is 11.9. The summed E-state index contributed by atoms with van der Waals surface area (Å²) in [4.78, 5) is 22.0. The van der Waals surface area contributed by atoms with Crippen LogP contribution in [0.2, 0.25) is 0 Å². The minimum atomic E-state index is -0.139. The summed E-state index contributed by atoms with van der Waals surface area (Å²) in [5.74, 6) is 0.497. The summed E-state index contributed by atoms with van der Waals surface area (Å²) in [6.45, 7) is 7.57. The molecule has 0 radical (unpaired) electrons. The molecule has 19 heavy (non-hydrogen) atoms. The molecule has 0 atom stereocenters. The lowest BCUT2D eigenvalue weighted by molar-refractivity contribution is 1.05. The monoisotopic (exact) mass is 253 g/mol. The summed E-state index contributed by atoms with van der Waals surface area (Å²) >= 11 is 0. The van der Waals surface area contributed by atoms with Crippen LogP contribution in [0.15, 0.2) is 42.5 Å². The van der Waals surface area contributed by atoms with Crippen molar-refractivity contribution in [1.82, 2.24) is 15.0 Å². The van der Waals surface area contributed by atoms with E-state index < -0.39 is 0 Å². The molecule has 0 aliphatic heterocycles. The number of fused-ring (bicyclic) bond motifs is 1. The summed E-state index contributed by atoms with van der Waals surface area (Å²) in [6, 6.07) is 0. The zero-order valence-corrected chi connectivity index (χ0v) is 10.6. The van der Waals surface area contributed by atoms with E-state index in [9.17, 15) is 4.79 Å². The van der Waals surface area contributed by atoms with Crippen LogP contribution in [-0.4, -0.2) is 15.0 Å². The molecular weight excluding hydrogens is 238 g/mol. The van der Waals surface area contributed by atoms with E-state index in [1.165, 1.54) is 6.33 Å². The molecule has 2 aromatic rings. The van der Waals surface area contributed by atoms with Gasteiger partial charge in [-0.2, -0.15) is 0 Å². The number of nitrogens with zero attached hydrogens (tertiary/aromatic N) is 1. The molecule has 1 aliphatic carbocycles. The first kappa shape index (κ1) is 11.7. The van der Waals surface area contributed by atoms with Crippen molar-refractivity contribution in [3.63, 3.8) is 0 Å². The number of hydrogen-bond acceptors (Lipinski definition) is 2. The smallest absolute Gasteiger partial charge is 0.275 e. The summed E-state index contributed by atoms with van der Waals surface area (Å²) in [5, 5.41) is 0. The zero-order valence-electron chi connectivity index (χ0n) is 10.6. The van der Waals surface area contributed by atoms with E-state index in [0.29, 0.717) is 17.0 Å². The lowest BCUT2D eigenvalue weighted by atomic mass is 10.0. The zero-order chi connectivity index (χ0) is 13.4. The maximum Gasteiger partial charge on any atom is 0.275 e. The predicted molar refractivity (Wildman–Crippen MR) is 77.1 cm³/mol.